The fraction of sp³-hybridized carbons (Fsp3) is 0.111. The predicted molar refractivity (Wildman–Crippen MR) is 92.6 cm³/mol. The van der Waals surface area contributed by atoms with Crippen molar-refractivity contribution in [2.75, 3.05) is 11.9 Å². The summed E-state index contributed by atoms with van der Waals surface area (Å²) in [4.78, 5) is 15.8. The quantitative estimate of drug-likeness (QED) is 0.593. The van der Waals surface area contributed by atoms with Crippen molar-refractivity contribution in [3.63, 3.8) is 0 Å². The van der Waals surface area contributed by atoms with Gasteiger partial charge in [-0.2, -0.15) is 0 Å². The van der Waals surface area contributed by atoms with Gasteiger partial charge in [0.15, 0.2) is 5.82 Å². The number of carbonyl (C=O) groups is 1. The minimum atomic E-state index is -0.951. The van der Waals surface area contributed by atoms with Gasteiger partial charge in [0.1, 0.15) is 0 Å². The minimum absolute atomic E-state index is 0.236. The zero-order chi connectivity index (χ0) is 16.5. The lowest BCUT2D eigenvalue weighted by Gasteiger charge is -2.11. The summed E-state index contributed by atoms with van der Waals surface area (Å²) in [7, 11) is 0. The smallest absolute Gasteiger partial charge is 0.335 e. The van der Waals surface area contributed by atoms with E-state index in [9.17, 15) is 9.90 Å². The molecule has 0 fully saturated rings. The van der Waals surface area contributed by atoms with Gasteiger partial charge in [-0.05, 0) is 42.5 Å². The molecule has 0 aliphatic rings. The summed E-state index contributed by atoms with van der Waals surface area (Å²) in [6, 6.07) is 12.9. The Balaban J connectivity index is 1.72. The third-order valence-electron chi connectivity index (χ3n) is 4.03. The second-order valence-corrected chi connectivity index (χ2v) is 5.58. The summed E-state index contributed by atoms with van der Waals surface area (Å²) in [5, 5.41) is 12.5. The first kappa shape index (κ1) is 14.3. The standard InChI is InChI=1S/C18H16N4O2/c23-18(24)13-5-6-15-14(12-13)20-17(16-4-3-10-22(15)16)19-7-11-21-8-1-2-9-21/h1-6,8-10,12H,7,11H2,(H,19,20)(H,23,24). The molecule has 0 saturated heterocycles. The number of nitrogens with zero attached hydrogens (tertiary/aromatic N) is 3. The van der Waals surface area contributed by atoms with Crippen molar-refractivity contribution in [1.29, 1.82) is 0 Å². The predicted octanol–water partition coefficient (Wildman–Crippen LogP) is 3.10. The highest BCUT2D eigenvalue weighted by Crippen LogP contribution is 2.23. The van der Waals surface area contributed by atoms with E-state index in [4.69, 9.17) is 0 Å². The second-order valence-electron chi connectivity index (χ2n) is 5.58. The molecule has 0 atom stereocenters. The molecule has 0 unspecified atom stereocenters. The van der Waals surface area contributed by atoms with Crippen LogP contribution < -0.4 is 5.32 Å². The minimum Gasteiger partial charge on any atom is -0.478 e. The van der Waals surface area contributed by atoms with E-state index in [1.165, 1.54) is 0 Å². The van der Waals surface area contributed by atoms with Crippen LogP contribution in [0.2, 0.25) is 0 Å². The lowest BCUT2D eigenvalue weighted by atomic mass is 10.2. The molecule has 3 aromatic heterocycles. The Morgan fingerprint density at radius 1 is 1.08 bits per heavy atom. The first-order valence-electron chi connectivity index (χ1n) is 7.71. The van der Waals surface area contributed by atoms with Crippen molar-refractivity contribution >= 4 is 28.3 Å². The van der Waals surface area contributed by atoms with E-state index in [0.29, 0.717) is 5.52 Å². The molecule has 0 aliphatic carbocycles. The average molecular weight is 320 g/mol. The van der Waals surface area contributed by atoms with E-state index >= 15 is 0 Å². The van der Waals surface area contributed by atoms with E-state index in [1.807, 2.05) is 47.3 Å². The van der Waals surface area contributed by atoms with Crippen molar-refractivity contribution in [2.45, 2.75) is 6.54 Å². The molecule has 24 heavy (non-hydrogen) atoms. The monoisotopic (exact) mass is 320 g/mol. The van der Waals surface area contributed by atoms with Crippen molar-refractivity contribution < 1.29 is 9.90 Å². The molecule has 4 rings (SSSR count). The maximum Gasteiger partial charge on any atom is 0.335 e. The summed E-state index contributed by atoms with van der Waals surface area (Å²) in [5.74, 6) is -0.199. The number of hydrogen-bond donors (Lipinski definition) is 2. The van der Waals surface area contributed by atoms with Gasteiger partial charge in [-0.3, -0.25) is 0 Å². The van der Waals surface area contributed by atoms with Crippen LogP contribution >= 0.6 is 0 Å². The van der Waals surface area contributed by atoms with Crippen LogP contribution in [0.4, 0.5) is 5.82 Å². The summed E-state index contributed by atoms with van der Waals surface area (Å²) < 4.78 is 4.11. The Kier molecular flexibility index (Phi) is 3.42. The van der Waals surface area contributed by atoms with Crippen LogP contribution in [0.5, 0.6) is 0 Å². The van der Waals surface area contributed by atoms with Crippen LogP contribution in [0.15, 0.2) is 61.1 Å². The Morgan fingerprint density at radius 2 is 1.92 bits per heavy atom. The van der Waals surface area contributed by atoms with Gasteiger partial charge < -0.3 is 19.4 Å². The highest BCUT2D eigenvalue weighted by Gasteiger charge is 2.10. The van der Waals surface area contributed by atoms with Gasteiger partial charge in [0.25, 0.3) is 0 Å². The number of rotatable bonds is 5. The largest absolute Gasteiger partial charge is 0.478 e. The highest BCUT2D eigenvalue weighted by atomic mass is 16.4. The van der Waals surface area contributed by atoms with Crippen molar-refractivity contribution in [3.8, 4) is 0 Å². The Hall–Kier alpha value is -3.28. The number of hydrogen-bond acceptors (Lipinski definition) is 3. The molecule has 6 heteroatoms. The molecule has 120 valence electrons. The highest BCUT2D eigenvalue weighted by molar-refractivity contribution is 5.94. The molecule has 0 bridgehead atoms. The molecule has 0 radical (unpaired) electrons. The molecule has 6 nitrogen and oxygen atoms in total. The summed E-state index contributed by atoms with van der Waals surface area (Å²) in [6.45, 7) is 1.56. The molecule has 0 aliphatic heterocycles. The molecular formula is C18H16N4O2. The van der Waals surface area contributed by atoms with Gasteiger partial charge in [0, 0.05) is 31.7 Å². The van der Waals surface area contributed by atoms with Crippen LogP contribution in [0.25, 0.3) is 16.6 Å². The maximum absolute atomic E-state index is 11.2. The van der Waals surface area contributed by atoms with Crippen LogP contribution in [0.3, 0.4) is 0 Å². The first-order chi connectivity index (χ1) is 11.7. The van der Waals surface area contributed by atoms with E-state index in [-0.39, 0.29) is 5.56 Å². The average Bonchev–Trinajstić information content (AvgIpc) is 3.26. The lowest BCUT2D eigenvalue weighted by molar-refractivity contribution is 0.0697. The van der Waals surface area contributed by atoms with Gasteiger partial charge in [0.05, 0.1) is 22.1 Å². The van der Waals surface area contributed by atoms with Crippen molar-refractivity contribution in [2.24, 2.45) is 0 Å². The van der Waals surface area contributed by atoms with Gasteiger partial charge in [0.2, 0.25) is 0 Å². The van der Waals surface area contributed by atoms with Gasteiger partial charge in [-0.25, -0.2) is 9.78 Å². The number of aromatic nitrogens is 3. The van der Waals surface area contributed by atoms with E-state index in [2.05, 4.69) is 14.9 Å². The topological polar surface area (TPSA) is 71.6 Å². The zero-order valence-corrected chi connectivity index (χ0v) is 12.9. The number of nitrogens with one attached hydrogen (secondary N) is 1. The molecule has 0 saturated carbocycles. The van der Waals surface area contributed by atoms with Crippen LogP contribution in [-0.2, 0) is 6.54 Å². The SMILES string of the molecule is O=C(O)c1ccc2c(c1)nc(NCCn1cccc1)c1cccn12. The number of fused-ring (bicyclic) bond motifs is 3. The molecule has 4 aromatic rings. The summed E-state index contributed by atoms with van der Waals surface area (Å²) in [6.07, 6.45) is 5.99. The molecule has 1 aromatic carbocycles. The molecule has 0 amide bonds. The maximum atomic E-state index is 11.2. The fourth-order valence-corrected chi connectivity index (χ4v) is 2.86. The molecule has 3 heterocycles. The molecular weight excluding hydrogens is 304 g/mol. The normalized spacial score (nSPS) is 11.2. The summed E-state index contributed by atoms with van der Waals surface area (Å²) >= 11 is 0. The van der Waals surface area contributed by atoms with Crippen molar-refractivity contribution in [1.82, 2.24) is 14.0 Å². The molecule has 0 spiro atoms. The number of benzene rings is 1. The van der Waals surface area contributed by atoms with E-state index < -0.39 is 5.97 Å². The Bertz CT molecular complexity index is 1020. The molecule has 2 N–H and O–H groups in total. The van der Waals surface area contributed by atoms with Crippen molar-refractivity contribution in [3.05, 3.63) is 66.6 Å². The number of aromatic carboxylic acids is 1. The van der Waals surface area contributed by atoms with Crippen LogP contribution in [0, 0.1) is 0 Å². The summed E-state index contributed by atoms with van der Waals surface area (Å²) in [5.41, 5.74) is 2.75. The number of anilines is 1. The number of carboxylic acid groups (broad SMARTS) is 1. The fourth-order valence-electron chi connectivity index (χ4n) is 2.86. The Morgan fingerprint density at radius 3 is 2.71 bits per heavy atom. The third-order valence-corrected chi connectivity index (χ3v) is 4.03. The lowest BCUT2D eigenvalue weighted by Crippen LogP contribution is -2.11. The van der Waals surface area contributed by atoms with E-state index in [0.717, 1.165) is 29.9 Å². The van der Waals surface area contributed by atoms with E-state index in [1.54, 1.807) is 18.2 Å². The third kappa shape index (κ3) is 2.48. The van der Waals surface area contributed by atoms with Crippen LogP contribution in [0.1, 0.15) is 10.4 Å². The number of carboxylic acids is 1. The first-order valence-corrected chi connectivity index (χ1v) is 7.71. The van der Waals surface area contributed by atoms with Gasteiger partial charge in [-0.15, -0.1) is 0 Å². The van der Waals surface area contributed by atoms with Gasteiger partial charge >= 0.3 is 5.97 Å². The van der Waals surface area contributed by atoms with Crippen LogP contribution in [-0.4, -0.2) is 31.6 Å². The Labute approximate surface area is 138 Å². The van der Waals surface area contributed by atoms with Gasteiger partial charge in [-0.1, -0.05) is 0 Å². The zero-order valence-electron chi connectivity index (χ0n) is 12.9. The second kappa shape index (κ2) is 5.73.